The van der Waals surface area contributed by atoms with Crippen molar-refractivity contribution in [2.75, 3.05) is 26.2 Å². The maximum Gasteiger partial charge on any atom is 0.304 e. The van der Waals surface area contributed by atoms with Gasteiger partial charge in [-0.15, -0.1) is 0 Å². The van der Waals surface area contributed by atoms with Crippen LogP contribution in [0.15, 0.2) is 24.3 Å². The number of carboxylic acids is 1. The predicted molar refractivity (Wildman–Crippen MR) is 83.3 cm³/mol. The lowest BCUT2D eigenvalue weighted by molar-refractivity contribution is -0.137. The van der Waals surface area contributed by atoms with E-state index < -0.39 is 5.97 Å². The molecule has 2 aliphatic heterocycles. The first-order valence-corrected chi connectivity index (χ1v) is 7.70. The zero-order chi connectivity index (χ0) is 15.6. The largest absolute Gasteiger partial charge is 0.493 e. The fraction of sp³-hybridized carbons (Fsp3) is 0.471. The zero-order valence-corrected chi connectivity index (χ0v) is 12.7. The number of likely N-dealkylation sites (tertiary alicyclic amines) is 1. The van der Waals surface area contributed by atoms with E-state index in [9.17, 15) is 4.79 Å². The van der Waals surface area contributed by atoms with Crippen LogP contribution >= 0.6 is 0 Å². The van der Waals surface area contributed by atoms with Gasteiger partial charge < -0.3 is 14.6 Å². The van der Waals surface area contributed by atoms with Gasteiger partial charge in [-0.2, -0.15) is 0 Å². The molecule has 0 aromatic heterocycles. The van der Waals surface area contributed by atoms with Crippen LogP contribution in [-0.4, -0.2) is 47.8 Å². The minimum Gasteiger partial charge on any atom is -0.493 e. The first-order chi connectivity index (χ1) is 10.6. The highest BCUT2D eigenvalue weighted by molar-refractivity contribution is 5.68. The molecular weight excluding hydrogens is 282 g/mol. The quantitative estimate of drug-likeness (QED) is 0.905. The summed E-state index contributed by atoms with van der Waals surface area (Å²) in [6.07, 6.45) is 5.22. The molecule has 118 valence electrons. The summed E-state index contributed by atoms with van der Waals surface area (Å²) < 4.78 is 11.9. The van der Waals surface area contributed by atoms with Crippen LogP contribution in [0.5, 0.6) is 11.5 Å². The highest BCUT2D eigenvalue weighted by Crippen LogP contribution is 2.40. The average molecular weight is 303 g/mol. The van der Waals surface area contributed by atoms with Gasteiger partial charge in [0.1, 0.15) is 17.1 Å². The highest BCUT2D eigenvalue weighted by Gasteiger charge is 2.40. The molecule has 1 spiro atoms. The lowest BCUT2D eigenvalue weighted by Gasteiger charge is -2.32. The number of nitrogens with zero attached hydrogens (tertiary/aromatic N) is 1. The molecule has 1 saturated heterocycles. The number of benzene rings is 1. The molecule has 5 heteroatoms. The summed E-state index contributed by atoms with van der Waals surface area (Å²) in [6.45, 7) is 4.75. The van der Waals surface area contributed by atoms with Gasteiger partial charge >= 0.3 is 5.97 Å². The van der Waals surface area contributed by atoms with E-state index in [-0.39, 0.29) is 12.0 Å². The van der Waals surface area contributed by atoms with Crippen molar-refractivity contribution in [3.63, 3.8) is 0 Å². The third kappa shape index (κ3) is 2.95. The molecule has 1 aromatic carbocycles. The van der Waals surface area contributed by atoms with Gasteiger partial charge in [-0.05, 0) is 31.2 Å². The van der Waals surface area contributed by atoms with Crippen LogP contribution in [0.4, 0.5) is 0 Å². The fourth-order valence-electron chi connectivity index (χ4n) is 3.09. The van der Waals surface area contributed by atoms with Crippen molar-refractivity contribution < 1.29 is 19.4 Å². The van der Waals surface area contributed by atoms with Gasteiger partial charge in [-0.1, -0.05) is 6.07 Å². The third-order valence-electron chi connectivity index (χ3n) is 4.18. The molecule has 1 atom stereocenters. The van der Waals surface area contributed by atoms with E-state index in [0.717, 1.165) is 36.6 Å². The average Bonchev–Trinajstić information content (AvgIpc) is 2.88. The first kappa shape index (κ1) is 14.9. The first-order valence-electron chi connectivity index (χ1n) is 7.70. The standard InChI is InChI=1S/C17H21NO4/c1-2-21-14-4-3-5-15-13(14)6-8-17(22-15)9-11-18(12-17)10-7-16(19)20/h3-6,8H,2,7,9-12H2,1H3,(H,19,20). The second kappa shape index (κ2) is 6.01. The molecule has 2 heterocycles. The van der Waals surface area contributed by atoms with Crippen molar-refractivity contribution in [1.29, 1.82) is 0 Å². The fourth-order valence-corrected chi connectivity index (χ4v) is 3.09. The van der Waals surface area contributed by atoms with Crippen LogP contribution < -0.4 is 9.47 Å². The Labute approximate surface area is 130 Å². The minimum atomic E-state index is -0.757. The van der Waals surface area contributed by atoms with Crippen LogP contribution in [0.1, 0.15) is 25.3 Å². The summed E-state index contributed by atoms with van der Waals surface area (Å²) in [4.78, 5) is 12.8. The number of hydrogen-bond acceptors (Lipinski definition) is 4. The number of aliphatic carboxylic acids is 1. The van der Waals surface area contributed by atoms with Gasteiger partial charge in [0, 0.05) is 26.1 Å². The summed E-state index contributed by atoms with van der Waals surface area (Å²) in [5.41, 5.74) is 0.648. The van der Waals surface area contributed by atoms with Gasteiger partial charge in [-0.3, -0.25) is 9.69 Å². The maximum atomic E-state index is 10.7. The van der Waals surface area contributed by atoms with Crippen molar-refractivity contribution in [1.82, 2.24) is 4.90 Å². The van der Waals surface area contributed by atoms with Gasteiger partial charge in [0.05, 0.1) is 18.6 Å². The Hall–Kier alpha value is -2.01. The van der Waals surface area contributed by atoms with E-state index in [1.807, 2.05) is 25.1 Å². The van der Waals surface area contributed by atoms with Crippen LogP contribution in [-0.2, 0) is 4.79 Å². The maximum absolute atomic E-state index is 10.7. The predicted octanol–water partition coefficient (Wildman–Crippen LogP) is 2.41. The molecule has 1 fully saturated rings. The van der Waals surface area contributed by atoms with Crippen molar-refractivity contribution in [2.45, 2.75) is 25.4 Å². The van der Waals surface area contributed by atoms with Crippen LogP contribution in [0, 0.1) is 0 Å². The minimum absolute atomic E-state index is 0.171. The van der Waals surface area contributed by atoms with Gasteiger partial charge in [0.25, 0.3) is 0 Å². The SMILES string of the molecule is CCOc1cccc2c1C=CC1(CCN(CCC(=O)O)C1)O2. The molecule has 1 aromatic rings. The van der Waals surface area contributed by atoms with E-state index in [4.69, 9.17) is 14.6 Å². The van der Waals surface area contributed by atoms with Crippen LogP contribution in [0.25, 0.3) is 6.08 Å². The molecule has 0 aliphatic carbocycles. The number of rotatable bonds is 5. The van der Waals surface area contributed by atoms with E-state index in [0.29, 0.717) is 13.2 Å². The number of ether oxygens (including phenoxy) is 2. The van der Waals surface area contributed by atoms with Crippen molar-refractivity contribution >= 4 is 12.0 Å². The smallest absolute Gasteiger partial charge is 0.304 e. The second-order valence-corrected chi connectivity index (χ2v) is 5.77. The lowest BCUT2D eigenvalue weighted by atomic mass is 9.97. The van der Waals surface area contributed by atoms with Gasteiger partial charge in [0.2, 0.25) is 0 Å². The Bertz CT molecular complexity index is 598. The summed E-state index contributed by atoms with van der Waals surface area (Å²) in [6, 6.07) is 5.85. The molecule has 0 amide bonds. The molecule has 5 nitrogen and oxygen atoms in total. The Morgan fingerprint density at radius 2 is 2.36 bits per heavy atom. The summed E-state index contributed by atoms with van der Waals surface area (Å²) >= 11 is 0. The van der Waals surface area contributed by atoms with E-state index >= 15 is 0 Å². The Morgan fingerprint density at radius 3 is 3.14 bits per heavy atom. The molecule has 22 heavy (non-hydrogen) atoms. The topological polar surface area (TPSA) is 59.0 Å². The summed E-state index contributed by atoms with van der Waals surface area (Å²) in [5.74, 6) is 0.924. The summed E-state index contributed by atoms with van der Waals surface area (Å²) in [7, 11) is 0. The Kier molecular flexibility index (Phi) is 4.07. The molecule has 3 rings (SSSR count). The zero-order valence-electron chi connectivity index (χ0n) is 12.7. The van der Waals surface area contributed by atoms with Crippen LogP contribution in [0.3, 0.4) is 0 Å². The molecule has 0 bridgehead atoms. The van der Waals surface area contributed by atoms with Crippen LogP contribution in [0.2, 0.25) is 0 Å². The highest BCUT2D eigenvalue weighted by atomic mass is 16.5. The number of carboxylic acid groups (broad SMARTS) is 1. The number of hydrogen-bond donors (Lipinski definition) is 1. The molecule has 1 N–H and O–H groups in total. The molecular formula is C17H21NO4. The normalized spacial score (nSPS) is 23.3. The molecule has 1 unspecified atom stereocenters. The monoisotopic (exact) mass is 303 g/mol. The van der Waals surface area contributed by atoms with E-state index in [1.54, 1.807) is 0 Å². The lowest BCUT2D eigenvalue weighted by Crippen LogP contribution is -2.39. The van der Waals surface area contributed by atoms with E-state index in [1.165, 1.54) is 0 Å². The Balaban J connectivity index is 1.73. The molecule has 0 radical (unpaired) electrons. The molecule has 0 saturated carbocycles. The van der Waals surface area contributed by atoms with Crippen molar-refractivity contribution in [3.05, 3.63) is 29.8 Å². The second-order valence-electron chi connectivity index (χ2n) is 5.77. The van der Waals surface area contributed by atoms with Gasteiger partial charge in [0.15, 0.2) is 0 Å². The Morgan fingerprint density at radius 1 is 1.50 bits per heavy atom. The summed E-state index contributed by atoms with van der Waals surface area (Å²) in [5, 5.41) is 8.80. The van der Waals surface area contributed by atoms with Crippen molar-refractivity contribution in [3.8, 4) is 11.5 Å². The van der Waals surface area contributed by atoms with Gasteiger partial charge in [-0.25, -0.2) is 0 Å². The number of fused-ring (bicyclic) bond motifs is 1. The van der Waals surface area contributed by atoms with E-state index in [2.05, 4.69) is 17.1 Å². The van der Waals surface area contributed by atoms with Crippen molar-refractivity contribution in [2.24, 2.45) is 0 Å². The third-order valence-corrected chi connectivity index (χ3v) is 4.18. The molecule has 2 aliphatic rings. The number of carbonyl (C=O) groups is 1.